The second kappa shape index (κ2) is 10.6. The lowest BCUT2D eigenvalue weighted by Gasteiger charge is -2.25. The molecule has 0 aromatic heterocycles. The minimum absolute atomic E-state index is 0.0747. The van der Waals surface area contributed by atoms with Gasteiger partial charge in [0.25, 0.3) is 15.9 Å². The van der Waals surface area contributed by atoms with Crippen molar-refractivity contribution in [3.05, 3.63) is 95.6 Å². The molecule has 1 amide bonds. The Hall–Kier alpha value is -3.98. The average molecular weight is 466 g/mol. The van der Waals surface area contributed by atoms with Gasteiger partial charge in [0.1, 0.15) is 6.54 Å². The van der Waals surface area contributed by atoms with E-state index in [1.165, 1.54) is 30.5 Å². The van der Waals surface area contributed by atoms with Crippen LogP contribution in [0, 0.1) is 0 Å². The zero-order valence-corrected chi connectivity index (χ0v) is 18.7. The lowest BCUT2D eigenvalue weighted by molar-refractivity contribution is -0.119. The Labute approximate surface area is 192 Å². The van der Waals surface area contributed by atoms with E-state index in [1.807, 2.05) is 19.1 Å². The molecule has 0 bridgehead atoms. The van der Waals surface area contributed by atoms with E-state index in [9.17, 15) is 18.0 Å². The van der Waals surface area contributed by atoms with Crippen LogP contribution in [-0.4, -0.2) is 38.2 Å². The molecule has 0 aliphatic carbocycles. The molecule has 33 heavy (non-hydrogen) atoms. The second-order valence-electron chi connectivity index (χ2n) is 7.03. The molecule has 0 spiro atoms. The molecule has 0 radical (unpaired) electrons. The molecule has 2 N–H and O–H groups in total. The van der Waals surface area contributed by atoms with Crippen LogP contribution in [0.1, 0.15) is 28.4 Å². The van der Waals surface area contributed by atoms with E-state index in [0.717, 1.165) is 9.87 Å². The molecule has 0 atom stereocenters. The lowest BCUT2D eigenvalue weighted by Crippen LogP contribution is -2.40. The molecule has 0 aliphatic heterocycles. The summed E-state index contributed by atoms with van der Waals surface area (Å²) in [5.74, 6) is -1.67. The number of amides is 1. The maximum absolute atomic E-state index is 13.4. The van der Waals surface area contributed by atoms with Gasteiger partial charge in [-0.2, -0.15) is 5.10 Å². The summed E-state index contributed by atoms with van der Waals surface area (Å²) in [5.41, 5.74) is 4.25. The molecule has 0 saturated carbocycles. The minimum atomic E-state index is -4.01. The van der Waals surface area contributed by atoms with Gasteiger partial charge in [-0.25, -0.2) is 18.6 Å². The van der Waals surface area contributed by atoms with Crippen LogP contribution in [0.5, 0.6) is 0 Å². The maximum Gasteiger partial charge on any atom is 0.335 e. The zero-order chi connectivity index (χ0) is 23.8. The predicted octanol–water partition coefficient (Wildman–Crippen LogP) is 3.29. The van der Waals surface area contributed by atoms with E-state index in [2.05, 4.69) is 10.5 Å². The second-order valence-corrected chi connectivity index (χ2v) is 8.89. The number of carbonyl (C=O) groups excluding carboxylic acids is 1. The first-order valence-electron chi connectivity index (χ1n) is 10.1. The van der Waals surface area contributed by atoms with Crippen molar-refractivity contribution in [2.75, 3.05) is 10.8 Å². The SMILES string of the molecule is CCc1ccccc1N(CC(=O)N/N=C\c1ccc(C(=O)O)cc1)S(=O)(=O)c1ccccc1. The van der Waals surface area contributed by atoms with Gasteiger partial charge in [-0.1, -0.05) is 55.5 Å². The van der Waals surface area contributed by atoms with E-state index in [-0.39, 0.29) is 10.5 Å². The summed E-state index contributed by atoms with van der Waals surface area (Å²) in [6.45, 7) is 1.44. The van der Waals surface area contributed by atoms with Crippen LogP contribution in [0.4, 0.5) is 5.69 Å². The van der Waals surface area contributed by atoms with Crippen LogP contribution in [0.15, 0.2) is 88.9 Å². The number of hydrazone groups is 1. The van der Waals surface area contributed by atoms with Gasteiger partial charge < -0.3 is 5.11 Å². The van der Waals surface area contributed by atoms with E-state index in [4.69, 9.17) is 5.11 Å². The third-order valence-corrected chi connectivity index (χ3v) is 6.59. The van der Waals surface area contributed by atoms with Gasteiger partial charge in [0.2, 0.25) is 0 Å². The number of aryl methyl sites for hydroxylation is 1. The Morgan fingerprint density at radius 1 is 0.970 bits per heavy atom. The van der Waals surface area contributed by atoms with Gasteiger partial charge >= 0.3 is 5.97 Å². The number of carboxylic acid groups (broad SMARTS) is 1. The van der Waals surface area contributed by atoms with E-state index in [0.29, 0.717) is 17.7 Å². The van der Waals surface area contributed by atoms with Crippen molar-refractivity contribution in [2.45, 2.75) is 18.2 Å². The Balaban J connectivity index is 1.83. The molecule has 0 unspecified atom stereocenters. The van der Waals surface area contributed by atoms with Gasteiger partial charge in [-0.05, 0) is 47.9 Å². The van der Waals surface area contributed by atoms with Crippen LogP contribution < -0.4 is 9.73 Å². The standard InChI is InChI=1S/C24H23N3O5S/c1-2-19-8-6-7-11-22(19)27(33(31,32)21-9-4-3-5-10-21)17-23(28)26-25-16-18-12-14-20(15-13-18)24(29)30/h3-16H,2,17H2,1H3,(H,26,28)(H,29,30)/b25-16-. The third-order valence-electron chi connectivity index (χ3n) is 4.82. The number of hydrogen-bond acceptors (Lipinski definition) is 5. The molecular formula is C24H23N3O5S. The fourth-order valence-electron chi connectivity index (χ4n) is 3.13. The number of rotatable bonds is 9. The molecule has 8 nitrogen and oxygen atoms in total. The number of aromatic carboxylic acids is 1. The zero-order valence-electron chi connectivity index (χ0n) is 17.9. The normalized spacial score (nSPS) is 11.3. The van der Waals surface area contributed by atoms with Crippen LogP contribution in [-0.2, 0) is 21.2 Å². The Kier molecular flexibility index (Phi) is 7.57. The first kappa shape index (κ1) is 23.7. The van der Waals surface area contributed by atoms with Crippen LogP contribution in [0.25, 0.3) is 0 Å². The summed E-state index contributed by atoms with van der Waals surface area (Å²) in [6, 6.07) is 20.9. The molecule has 0 aliphatic rings. The lowest BCUT2D eigenvalue weighted by atomic mass is 10.1. The molecule has 0 heterocycles. The highest BCUT2D eigenvalue weighted by atomic mass is 32.2. The average Bonchev–Trinajstić information content (AvgIpc) is 2.83. The van der Waals surface area contributed by atoms with E-state index < -0.39 is 28.4 Å². The highest BCUT2D eigenvalue weighted by molar-refractivity contribution is 7.92. The number of anilines is 1. The van der Waals surface area contributed by atoms with Crippen molar-refractivity contribution in [1.29, 1.82) is 0 Å². The van der Waals surface area contributed by atoms with Crippen molar-refractivity contribution in [2.24, 2.45) is 5.10 Å². The Bertz CT molecular complexity index is 1260. The number of nitrogens with one attached hydrogen (secondary N) is 1. The van der Waals surface area contributed by atoms with Crippen molar-refractivity contribution in [3.8, 4) is 0 Å². The maximum atomic E-state index is 13.4. The number of carbonyl (C=O) groups is 2. The number of carboxylic acids is 1. The number of para-hydroxylation sites is 1. The van der Waals surface area contributed by atoms with Gasteiger partial charge in [0.15, 0.2) is 0 Å². The summed E-state index contributed by atoms with van der Waals surface area (Å²) >= 11 is 0. The Morgan fingerprint density at radius 3 is 2.24 bits per heavy atom. The molecule has 0 fully saturated rings. The van der Waals surface area contributed by atoms with Gasteiger partial charge in [0, 0.05) is 0 Å². The predicted molar refractivity (Wildman–Crippen MR) is 126 cm³/mol. The molecule has 9 heteroatoms. The molecule has 3 rings (SSSR count). The number of sulfonamides is 1. The van der Waals surface area contributed by atoms with Crippen molar-refractivity contribution in [1.82, 2.24) is 5.43 Å². The smallest absolute Gasteiger partial charge is 0.335 e. The summed E-state index contributed by atoms with van der Waals surface area (Å²) in [7, 11) is -4.01. The largest absolute Gasteiger partial charge is 0.478 e. The van der Waals surface area contributed by atoms with Crippen LogP contribution in [0.3, 0.4) is 0 Å². The quantitative estimate of drug-likeness (QED) is 0.372. The fourth-order valence-corrected chi connectivity index (χ4v) is 4.61. The molecule has 170 valence electrons. The molecular weight excluding hydrogens is 442 g/mol. The van der Waals surface area contributed by atoms with Crippen molar-refractivity contribution >= 4 is 33.8 Å². The number of nitrogens with zero attached hydrogens (tertiary/aromatic N) is 2. The number of benzene rings is 3. The molecule has 3 aromatic rings. The van der Waals surface area contributed by atoms with Crippen molar-refractivity contribution in [3.63, 3.8) is 0 Å². The summed E-state index contributed by atoms with van der Waals surface area (Å²) in [5, 5.41) is 12.8. The summed E-state index contributed by atoms with van der Waals surface area (Å²) < 4.78 is 27.8. The minimum Gasteiger partial charge on any atom is -0.478 e. The highest BCUT2D eigenvalue weighted by Crippen LogP contribution is 2.27. The van der Waals surface area contributed by atoms with Gasteiger partial charge in [0.05, 0.1) is 22.4 Å². The fraction of sp³-hybridized carbons (Fsp3) is 0.125. The Morgan fingerprint density at radius 2 is 1.61 bits per heavy atom. The molecule has 0 saturated heterocycles. The van der Waals surface area contributed by atoms with E-state index in [1.54, 1.807) is 42.5 Å². The van der Waals surface area contributed by atoms with Gasteiger partial charge in [-0.3, -0.25) is 9.10 Å². The molecule has 3 aromatic carbocycles. The van der Waals surface area contributed by atoms with E-state index >= 15 is 0 Å². The topological polar surface area (TPSA) is 116 Å². The van der Waals surface area contributed by atoms with Crippen LogP contribution in [0.2, 0.25) is 0 Å². The van der Waals surface area contributed by atoms with Gasteiger partial charge in [-0.15, -0.1) is 0 Å². The number of hydrogen-bond donors (Lipinski definition) is 2. The summed E-state index contributed by atoms with van der Waals surface area (Å²) in [6.07, 6.45) is 1.93. The first-order chi connectivity index (χ1) is 15.8. The van der Waals surface area contributed by atoms with Crippen molar-refractivity contribution < 1.29 is 23.1 Å². The third kappa shape index (κ3) is 5.83. The highest BCUT2D eigenvalue weighted by Gasteiger charge is 2.28. The summed E-state index contributed by atoms with van der Waals surface area (Å²) in [4.78, 5) is 23.6. The first-order valence-corrected chi connectivity index (χ1v) is 11.6. The van der Waals surface area contributed by atoms with Crippen LogP contribution >= 0.6 is 0 Å². The monoisotopic (exact) mass is 465 g/mol.